The molecule has 2 aliphatic rings. The number of hydrogen-bond donors (Lipinski definition) is 3. The number of halogens is 1. The van der Waals surface area contributed by atoms with Crippen LogP contribution < -0.4 is 10.6 Å². The van der Waals surface area contributed by atoms with Gasteiger partial charge < -0.3 is 29.8 Å². The smallest absolute Gasteiger partial charge is 0.319 e. The van der Waals surface area contributed by atoms with Crippen molar-refractivity contribution in [3.63, 3.8) is 0 Å². The number of aromatic nitrogens is 2. The van der Waals surface area contributed by atoms with Gasteiger partial charge in [-0.25, -0.2) is 14.2 Å². The Balaban J connectivity index is 1.49. The molecule has 4 rings (SSSR count). The summed E-state index contributed by atoms with van der Waals surface area (Å²) in [5, 5.41) is 16.2. The van der Waals surface area contributed by atoms with Crippen molar-refractivity contribution < 1.29 is 23.8 Å². The van der Waals surface area contributed by atoms with E-state index in [1.807, 2.05) is 6.92 Å². The summed E-state index contributed by atoms with van der Waals surface area (Å²) in [5.74, 6) is 0.320. The summed E-state index contributed by atoms with van der Waals surface area (Å²) in [6.07, 6.45) is 1.40. The molecule has 8 nitrogen and oxygen atoms in total. The van der Waals surface area contributed by atoms with Crippen molar-refractivity contribution in [2.45, 2.75) is 37.5 Å². The third-order valence-electron chi connectivity index (χ3n) is 4.71. The zero-order valence-corrected chi connectivity index (χ0v) is 14.0. The van der Waals surface area contributed by atoms with Crippen molar-refractivity contribution in [2.24, 2.45) is 0 Å². The third kappa shape index (κ3) is 3.05. The molecule has 0 spiro atoms. The quantitative estimate of drug-likeness (QED) is 0.762. The number of fused-ring (bicyclic) bond motifs is 2. The fraction of sp³-hybridized carbons (Fsp3) is 0.412. The van der Waals surface area contributed by atoms with E-state index in [2.05, 4.69) is 15.6 Å². The Bertz CT molecular complexity index is 796. The number of carbonyl (C=O) groups excluding carboxylic acids is 1. The van der Waals surface area contributed by atoms with Gasteiger partial charge in [-0.05, 0) is 31.2 Å². The fourth-order valence-corrected chi connectivity index (χ4v) is 3.43. The number of aliphatic hydroxyl groups excluding tert-OH is 1. The van der Waals surface area contributed by atoms with Crippen LogP contribution in [0.5, 0.6) is 0 Å². The summed E-state index contributed by atoms with van der Waals surface area (Å²) in [6, 6.07) is 3.71. The molecule has 2 fully saturated rings. The second-order valence-corrected chi connectivity index (χ2v) is 6.37. The van der Waals surface area contributed by atoms with Gasteiger partial charge in [0.25, 0.3) is 0 Å². The molecule has 3 heterocycles. The average molecular weight is 362 g/mol. The van der Waals surface area contributed by atoms with Gasteiger partial charge in [0.05, 0.1) is 12.6 Å². The number of amides is 2. The van der Waals surface area contributed by atoms with E-state index in [1.54, 1.807) is 17.0 Å². The molecule has 26 heavy (non-hydrogen) atoms. The number of aryl methyl sites for hydroxylation is 1. The number of urea groups is 1. The van der Waals surface area contributed by atoms with Crippen LogP contribution >= 0.6 is 0 Å². The van der Waals surface area contributed by atoms with E-state index in [4.69, 9.17) is 9.47 Å². The molecule has 138 valence electrons. The van der Waals surface area contributed by atoms with E-state index in [1.165, 1.54) is 24.3 Å². The minimum Gasteiger partial charge on any atom is -0.388 e. The first-order valence-electron chi connectivity index (χ1n) is 8.30. The Morgan fingerprint density at radius 3 is 2.85 bits per heavy atom. The molecule has 9 heteroatoms. The number of benzene rings is 1. The van der Waals surface area contributed by atoms with E-state index in [9.17, 15) is 14.3 Å². The molecule has 2 saturated heterocycles. The predicted molar refractivity (Wildman–Crippen MR) is 89.0 cm³/mol. The highest BCUT2D eigenvalue weighted by Crippen LogP contribution is 2.36. The Labute approximate surface area is 148 Å². The minimum atomic E-state index is -0.923. The van der Waals surface area contributed by atoms with E-state index >= 15 is 0 Å². The lowest BCUT2D eigenvalue weighted by Crippen LogP contribution is -2.59. The van der Waals surface area contributed by atoms with Gasteiger partial charge in [-0.15, -0.1) is 0 Å². The zero-order chi connectivity index (χ0) is 18.3. The van der Waals surface area contributed by atoms with Crippen LogP contribution in [0.3, 0.4) is 0 Å². The van der Waals surface area contributed by atoms with Gasteiger partial charge in [0.2, 0.25) is 0 Å². The largest absolute Gasteiger partial charge is 0.388 e. The highest BCUT2D eigenvalue weighted by Gasteiger charge is 2.51. The molecule has 2 aromatic rings. The second kappa shape index (κ2) is 6.67. The predicted octanol–water partition coefficient (Wildman–Crippen LogP) is 1.18. The number of carbonyl (C=O) groups is 1. The summed E-state index contributed by atoms with van der Waals surface area (Å²) in [7, 11) is 0. The summed E-state index contributed by atoms with van der Waals surface area (Å²) in [5.41, 5.74) is 0.442. The molecule has 3 N–H and O–H groups in total. The number of hydrogen-bond acceptors (Lipinski definition) is 5. The van der Waals surface area contributed by atoms with Crippen molar-refractivity contribution in [3.05, 3.63) is 48.3 Å². The molecule has 1 aromatic heterocycles. The van der Waals surface area contributed by atoms with Gasteiger partial charge >= 0.3 is 6.03 Å². The summed E-state index contributed by atoms with van der Waals surface area (Å²) >= 11 is 0. The maximum Gasteiger partial charge on any atom is 0.319 e. The van der Waals surface area contributed by atoms with Gasteiger partial charge in [0, 0.05) is 18.1 Å². The fourth-order valence-electron chi connectivity index (χ4n) is 3.43. The third-order valence-corrected chi connectivity index (χ3v) is 4.71. The lowest BCUT2D eigenvalue weighted by atomic mass is 9.96. The monoisotopic (exact) mass is 362 g/mol. The molecule has 2 bridgehead atoms. The number of imidazole rings is 1. The topological polar surface area (TPSA) is 97.6 Å². The number of anilines is 1. The van der Waals surface area contributed by atoms with Gasteiger partial charge in [0.15, 0.2) is 6.29 Å². The maximum atomic E-state index is 13.0. The van der Waals surface area contributed by atoms with Crippen molar-refractivity contribution in [3.8, 4) is 0 Å². The van der Waals surface area contributed by atoms with Gasteiger partial charge in [-0.3, -0.25) is 0 Å². The van der Waals surface area contributed by atoms with Crippen molar-refractivity contribution >= 4 is 11.7 Å². The first-order chi connectivity index (χ1) is 12.5. The van der Waals surface area contributed by atoms with Gasteiger partial charge in [0.1, 0.15) is 29.9 Å². The van der Waals surface area contributed by atoms with E-state index in [0.717, 1.165) is 0 Å². The molecule has 5 atom stereocenters. The number of nitrogens with zero attached hydrogens (tertiary/aromatic N) is 2. The van der Waals surface area contributed by atoms with E-state index in [-0.39, 0.29) is 12.4 Å². The van der Waals surface area contributed by atoms with Crippen LogP contribution in [0.2, 0.25) is 0 Å². The average Bonchev–Trinajstić information content (AvgIpc) is 3.23. The molecular weight excluding hydrogens is 343 g/mol. The van der Waals surface area contributed by atoms with Gasteiger partial charge in [-0.2, -0.15) is 0 Å². The van der Waals surface area contributed by atoms with Crippen molar-refractivity contribution in [1.82, 2.24) is 14.9 Å². The molecule has 0 saturated carbocycles. The van der Waals surface area contributed by atoms with Gasteiger partial charge in [-0.1, -0.05) is 0 Å². The molecule has 0 unspecified atom stereocenters. The van der Waals surface area contributed by atoms with E-state index < -0.39 is 36.6 Å². The second-order valence-electron chi connectivity index (χ2n) is 6.37. The highest BCUT2D eigenvalue weighted by atomic mass is 19.1. The van der Waals surface area contributed by atoms with Crippen molar-refractivity contribution in [2.75, 3.05) is 11.9 Å². The van der Waals surface area contributed by atoms with Crippen LogP contribution in [0.25, 0.3) is 0 Å². The maximum absolute atomic E-state index is 13.0. The molecule has 1 aromatic carbocycles. The summed E-state index contributed by atoms with van der Waals surface area (Å²) in [6.45, 7) is 2.09. The number of aliphatic hydroxyl groups is 1. The summed E-state index contributed by atoms with van der Waals surface area (Å²) in [4.78, 5) is 16.5. The Morgan fingerprint density at radius 2 is 2.15 bits per heavy atom. The van der Waals surface area contributed by atoms with Crippen LogP contribution in [0.1, 0.15) is 11.9 Å². The summed E-state index contributed by atoms with van der Waals surface area (Å²) < 4.78 is 26.2. The SMILES string of the molecule is Cc1nccn1[C@H]1[C@@H]2OC[C@@H](O2)[C@@H](NC(=O)Nc2ccc(F)cc2)[C@@H]1O. The highest BCUT2D eigenvalue weighted by molar-refractivity contribution is 5.89. The normalized spacial score (nSPS) is 30.2. The molecule has 0 aliphatic carbocycles. The molecule has 0 radical (unpaired) electrons. The van der Waals surface area contributed by atoms with Crippen molar-refractivity contribution in [1.29, 1.82) is 0 Å². The van der Waals surface area contributed by atoms with Crippen LogP contribution in [0.4, 0.5) is 14.9 Å². The molecule has 2 aliphatic heterocycles. The lowest BCUT2D eigenvalue weighted by Gasteiger charge is -2.39. The molecule has 2 amide bonds. The first-order valence-corrected chi connectivity index (χ1v) is 8.30. The Morgan fingerprint density at radius 1 is 1.38 bits per heavy atom. The Hall–Kier alpha value is -2.49. The lowest BCUT2D eigenvalue weighted by molar-refractivity contribution is -0.163. The standard InChI is InChI=1S/C17H19FN4O4/c1-9-19-6-7-22(9)14-15(23)13(12-8-25-16(14)26-12)21-17(24)20-11-4-2-10(18)3-5-11/h2-7,12-16,23H,8H2,1H3,(H2,20,21,24)/t12-,13-,14-,15+,16-/m1/s1. The number of ether oxygens (including phenoxy) is 2. The van der Waals surface area contributed by atoms with Crippen LogP contribution in [-0.4, -0.2) is 51.8 Å². The number of rotatable bonds is 3. The first kappa shape index (κ1) is 17.0. The van der Waals surface area contributed by atoms with Crippen LogP contribution in [0.15, 0.2) is 36.7 Å². The van der Waals surface area contributed by atoms with Crippen LogP contribution in [-0.2, 0) is 9.47 Å². The number of nitrogens with one attached hydrogen (secondary N) is 2. The minimum absolute atomic E-state index is 0.271. The van der Waals surface area contributed by atoms with E-state index in [0.29, 0.717) is 11.5 Å². The van der Waals surface area contributed by atoms with Crippen LogP contribution in [0, 0.1) is 12.7 Å². The molecular formula is C17H19FN4O4. The zero-order valence-electron chi connectivity index (χ0n) is 14.0. The Kier molecular flexibility index (Phi) is 4.35.